The lowest BCUT2D eigenvalue weighted by molar-refractivity contribution is -0.135. The van der Waals surface area contributed by atoms with E-state index < -0.39 is 0 Å². The standard InChI is InChI=1S/C17H20N2O2/c1-10(2)17(21)19-5-4-12-7-13-6-11(3)16(20)18-15(13)8-14(12)9-19/h6-8,10H,4-5,9H2,1-3H3,(H,18,20). The Morgan fingerprint density at radius 2 is 2.00 bits per heavy atom. The highest BCUT2D eigenvalue weighted by atomic mass is 16.2. The van der Waals surface area contributed by atoms with Crippen molar-refractivity contribution in [3.8, 4) is 0 Å². The summed E-state index contributed by atoms with van der Waals surface area (Å²) in [5, 5.41) is 1.06. The number of fused-ring (bicyclic) bond motifs is 2. The SMILES string of the molecule is Cc1cc2cc3c(cc2[nH]c1=O)CN(C(=O)C(C)C)CC3. The summed E-state index contributed by atoms with van der Waals surface area (Å²) in [7, 11) is 0. The highest BCUT2D eigenvalue weighted by molar-refractivity contribution is 5.82. The number of aromatic amines is 1. The van der Waals surface area contributed by atoms with Gasteiger partial charge in [0, 0.05) is 30.1 Å². The molecule has 2 heterocycles. The normalized spacial score (nSPS) is 14.6. The lowest BCUT2D eigenvalue weighted by atomic mass is 9.96. The predicted molar refractivity (Wildman–Crippen MR) is 83.3 cm³/mol. The fraction of sp³-hybridized carbons (Fsp3) is 0.412. The van der Waals surface area contributed by atoms with Crippen LogP contribution in [-0.4, -0.2) is 22.3 Å². The van der Waals surface area contributed by atoms with Gasteiger partial charge in [-0.2, -0.15) is 0 Å². The van der Waals surface area contributed by atoms with E-state index in [-0.39, 0.29) is 17.4 Å². The van der Waals surface area contributed by atoms with E-state index in [2.05, 4.69) is 11.1 Å². The van der Waals surface area contributed by atoms with Crippen LogP contribution in [0.1, 0.15) is 30.5 Å². The average molecular weight is 284 g/mol. The molecule has 1 aromatic heterocycles. The van der Waals surface area contributed by atoms with E-state index in [9.17, 15) is 9.59 Å². The summed E-state index contributed by atoms with van der Waals surface area (Å²) in [6.45, 7) is 7.09. The Kier molecular flexibility index (Phi) is 3.32. The number of aromatic nitrogens is 1. The molecule has 2 aromatic rings. The summed E-state index contributed by atoms with van der Waals surface area (Å²) in [6, 6.07) is 6.09. The van der Waals surface area contributed by atoms with Crippen LogP contribution in [0.2, 0.25) is 0 Å². The zero-order valence-electron chi connectivity index (χ0n) is 12.7. The summed E-state index contributed by atoms with van der Waals surface area (Å²) in [4.78, 5) is 28.7. The molecule has 21 heavy (non-hydrogen) atoms. The number of nitrogens with zero attached hydrogens (tertiary/aromatic N) is 1. The maximum absolute atomic E-state index is 12.1. The van der Waals surface area contributed by atoms with Crippen molar-refractivity contribution in [2.45, 2.75) is 33.7 Å². The topological polar surface area (TPSA) is 53.2 Å². The van der Waals surface area contributed by atoms with Gasteiger partial charge in [-0.1, -0.05) is 13.8 Å². The number of carbonyl (C=O) groups excluding carboxylic acids is 1. The molecule has 0 unspecified atom stereocenters. The highest BCUT2D eigenvalue weighted by Gasteiger charge is 2.22. The van der Waals surface area contributed by atoms with Crippen LogP contribution in [0.4, 0.5) is 0 Å². The number of rotatable bonds is 1. The molecule has 0 fully saturated rings. The zero-order valence-corrected chi connectivity index (χ0v) is 12.7. The van der Waals surface area contributed by atoms with Gasteiger partial charge in [0.05, 0.1) is 0 Å². The summed E-state index contributed by atoms with van der Waals surface area (Å²) in [6.07, 6.45) is 0.877. The largest absolute Gasteiger partial charge is 0.338 e. The Morgan fingerprint density at radius 3 is 2.71 bits per heavy atom. The van der Waals surface area contributed by atoms with Crippen molar-refractivity contribution in [2.75, 3.05) is 6.54 Å². The summed E-state index contributed by atoms with van der Waals surface area (Å²) in [5.41, 5.74) is 3.95. The van der Waals surface area contributed by atoms with E-state index in [1.165, 1.54) is 5.56 Å². The van der Waals surface area contributed by atoms with Crippen molar-refractivity contribution in [1.82, 2.24) is 9.88 Å². The molecule has 1 aliphatic rings. The molecular weight excluding hydrogens is 264 g/mol. The van der Waals surface area contributed by atoms with Gasteiger partial charge in [0.1, 0.15) is 0 Å². The fourth-order valence-electron chi connectivity index (χ4n) is 2.93. The molecule has 0 saturated heterocycles. The molecule has 1 aromatic carbocycles. The molecule has 1 amide bonds. The Labute approximate surface area is 123 Å². The van der Waals surface area contributed by atoms with Gasteiger partial charge in [0.15, 0.2) is 0 Å². The second-order valence-corrected chi connectivity index (χ2v) is 6.15. The van der Waals surface area contributed by atoms with Crippen LogP contribution in [-0.2, 0) is 17.8 Å². The van der Waals surface area contributed by atoms with Gasteiger partial charge in [-0.25, -0.2) is 0 Å². The lowest BCUT2D eigenvalue weighted by Gasteiger charge is -2.30. The minimum Gasteiger partial charge on any atom is -0.338 e. The third-order valence-electron chi connectivity index (χ3n) is 4.17. The number of nitrogens with one attached hydrogen (secondary N) is 1. The smallest absolute Gasteiger partial charge is 0.251 e. The second-order valence-electron chi connectivity index (χ2n) is 6.15. The Balaban J connectivity index is 2.02. The summed E-state index contributed by atoms with van der Waals surface area (Å²) < 4.78 is 0. The van der Waals surface area contributed by atoms with Gasteiger partial charge in [-0.05, 0) is 48.1 Å². The van der Waals surface area contributed by atoms with Crippen molar-refractivity contribution in [3.05, 3.63) is 45.2 Å². The maximum atomic E-state index is 12.1. The van der Waals surface area contributed by atoms with Crippen LogP contribution in [0.15, 0.2) is 23.0 Å². The van der Waals surface area contributed by atoms with E-state index >= 15 is 0 Å². The number of amides is 1. The first-order valence-electron chi connectivity index (χ1n) is 7.40. The molecule has 3 rings (SSSR count). The minimum absolute atomic E-state index is 0.0227. The fourth-order valence-corrected chi connectivity index (χ4v) is 2.93. The van der Waals surface area contributed by atoms with Gasteiger partial charge in [-0.15, -0.1) is 0 Å². The first-order chi connectivity index (χ1) is 9.95. The van der Waals surface area contributed by atoms with Crippen molar-refractivity contribution in [2.24, 2.45) is 5.92 Å². The molecule has 1 N–H and O–H groups in total. The number of pyridine rings is 1. The molecule has 4 nitrogen and oxygen atoms in total. The number of hydrogen-bond acceptors (Lipinski definition) is 2. The van der Waals surface area contributed by atoms with E-state index in [0.717, 1.165) is 35.0 Å². The second kappa shape index (κ2) is 5.02. The van der Waals surface area contributed by atoms with Gasteiger partial charge in [0.25, 0.3) is 5.56 Å². The predicted octanol–water partition coefficient (Wildman–Crippen LogP) is 2.38. The molecule has 0 radical (unpaired) electrons. The van der Waals surface area contributed by atoms with Gasteiger partial charge < -0.3 is 9.88 Å². The molecule has 0 saturated carbocycles. The van der Waals surface area contributed by atoms with E-state index in [4.69, 9.17) is 0 Å². The Morgan fingerprint density at radius 1 is 1.24 bits per heavy atom. The molecule has 0 atom stereocenters. The van der Waals surface area contributed by atoms with Crippen LogP contribution < -0.4 is 5.56 Å². The van der Waals surface area contributed by atoms with Crippen LogP contribution >= 0.6 is 0 Å². The first-order valence-corrected chi connectivity index (χ1v) is 7.40. The number of aryl methyl sites for hydroxylation is 1. The van der Waals surface area contributed by atoms with E-state index in [1.807, 2.05) is 37.8 Å². The molecule has 0 bridgehead atoms. The van der Waals surface area contributed by atoms with Crippen LogP contribution in [0, 0.1) is 12.8 Å². The quantitative estimate of drug-likeness (QED) is 0.874. The zero-order chi connectivity index (χ0) is 15.1. The first kappa shape index (κ1) is 13.9. The highest BCUT2D eigenvalue weighted by Crippen LogP contribution is 2.25. The van der Waals surface area contributed by atoms with Crippen LogP contribution in [0.5, 0.6) is 0 Å². The molecule has 0 spiro atoms. The molecule has 4 heteroatoms. The van der Waals surface area contributed by atoms with Crippen LogP contribution in [0.3, 0.4) is 0 Å². The third-order valence-corrected chi connectivity index (χ3v) is 4.17. The molecule has 0 aliphatic carbocycles. The van der Waals surface area contributed by atoms with Crippen LogP contribution in [0.25, 0.3) is 10.9 Å². The number of hydrogen-bond donors (Lipinski definition) is 1. The number of carbonyl (C=O) groups is 1. The van der Waals surface area contributed by atoms with Crippen molar-refractivity contribution >= 4 is 16.8 Å². The average Bonchev–Trinajstić information content (AvgIpc) is 2.45. The van der Waals surface area contributed by atoms with Crippen molar-refractivity contribution in [1.29, 1.82) is 0 Å². The number of benzene rings is 1. The van der Waals surface area contributed by atoms with Crippen molar-refractivity contribution in [3.63, 3.8) is 0 Å². The van der Waals surface area contributed by atoms with Gasteiger partial charge in [0.2, 0.25) is 5.91 Å². The lowest BCUT2D eigenvalue weighted by Crippen LogP contribution is -2.38. The number of H-pyrrole nitrogens is 1. The monoisotopic (exact) mass is 284 g/mol. The maximum Gasteiger partial charge on any atom is 0.251 e. The van der Waals surface area contributed by atoms with Crippen molar-refractivity contribution < 1.29 is 4.79 Å². The summed E-state index contributed by atoms with van der Waals surface area (Å²) >= 11 is 0. The van der Waals surface area contributed by atoms with E-state index in [0.29, 0.717) is 6.54 Å². The molecule has 110 valence electrons. The van der Waals surface area contributed by atoms with Gasteiger partial charge >= 0.3 is 0 Å². The Hall–Kier alpha value is -2.10. The third kappa shape index (κ3) is 2.46. The molecular formula is C17H20N2O2. The van der Waals surface area contributed by atoms with Gasteiger partial charge in [-0.3, -0.25) is 9.59 Å². The van der Waals surface area contributed by atoms with E-state index in [1.54, 1.807) is 0 Å². The molecule has 1 aliphatic heterocycles. The summed E-state index contributed by atoms with van der Waals surface area (Å²) in [5.74, 6) is 0.215. The Bertz CT molecular complexity index is 774. The minimum atomic E-state index is -0.0478.